The highest BCUT2D eigenvalue weighted by Gasteiger charge is 2.30. The summed E-state index contributed by atoms with van der Waals surface area (Å²) < 4.78 is 6.38. The molecule has 3 aromatic rings. The fourth-order valence-corrected chi connectivity index (χ4v) is 2.59. The van der Waals surface area contributed by atoms with Crippen molar-refractivity contribution >= 4 is 17.5 Å². The maximum atomic E-state index is 2.25. The third-order valence-electron chi connectivity index (χ3n) is 3.77. The SMILES string of the molecule is C[n+]1ccccc1N(c1cccc[n+]1C)c1cccc[n+]1C.[F-].[F-].[F-]. The van der Waals surface area contributed by atoms with Crippen molar-refractivity contribution in [2.45, 2.75) is 0 Å². The number of aryl methyl sites for hydroxylation is 3. The molecule has 0 N–H and O–H groups in total. The van der Waals surface area contributed by atoms with Crippen LogP contribution in [-0.2, 0) is 21.1 Å². The van der Waals surface area contributed by atoms with E-state index in [0.29, 0.717) is 0 Å². The highest BCUT2D eigenvalue weighted by molar-refractivity contribution is 5.63. The molecule has 0 spiro atoms. The van der Waals surface area contributed by atoms with E-state index in [1.807, 2.05) is 18.2 Å². The number of hydrogen-bond acceptors (Lipinski definition) is 1. The molecule has 0 aliphatic rings. The molecule has 0 unspecified atom stereocenters. The summed E-state index contributed by atoms with van der Waals surface area (Å²) in [6, 6.07) is 18.7. The highest BCUT2D eigenvalue weighted by Crippen LogP contribution is 2.26. The van der Waals surface area contributed by atoms with E-state index >= 15 is 0 Å². The summed E-state index contributed by atoms with van der Waals surface area (Å²) in [6.45, 7) is 0. The molecule has 0 fully saturated rings. The van der Waals surface area contributed by atoms with Crippen LogP contribution in [0.2, 0.25) is 0 Å². The fourth-order valence-electron chi connectivity index (χ4n) is 2.59. The van der Waals surface area contributed by atoms with Gasteiger partial charge in [-0.3, -0.25) is 0 Å². The zero-order valence-electron chi connectivity index (χ0n) is 14.4. The Kier molecular flexibility index (Phi) is 8.25. The van der Waals surface area contributed by atoms with E-state index in [4.69, 9.17) is 0 Å². The lowest BCUT2D eigenvalue weighted by Crippen LogP contribution is -3.00. The number of anilines is 3. The largest absolute Gasteiger partial charge is 1.00 e. The molecule has 0 saturated carbocycles. The van der Waals surface area contributed by atoms with E-state index in [1.165, 1.54) is 0 Å². The molecule has 3 rings (SSSR count). The first kappa shape index (κ1) is 22.0. The number of aromatic nitrogens is 3. The smallest absolute Gasteiger partial charge is 0.292 e. The Hall–Kier alpha value is -2.96. The molecule has 0 aliphatic heterocycles. The van der Waals surface area contributed by atoms with Gasteiger partial charge in [0.1, 0.15) is 0 Å². The first-order valence-corrected chi connectivity index (χ1v) is 7.32. The van der Waals surface area contributed by atoms with Gasteiger partial charge in [0.2, 0.25) is 0 Å². The second-order valence-electron chi connectivity index (χ2n) is 5.34. The Morgan fingerprint density at radius 1 is 0.520 bits per heavy atom. The van der Waals surface area contributed by atoms with Crippen LogP contribution < -0.4 is 32.7 Å². The van der Waals surface area contributed by atoms with E-state index in [0.717, 1.165) is 17.5 Å². The van der Waals surface area contributed by atoms with Crippen molar-refractivity contribution in [3.05, 3.63) is 73.2 Å². The average molecular weight is 350 g/mol. The Labute approximate surface area is 145 Å². The van der Waals surface area contributed by atoms with Gasteiger partial charge in [0.15, 0.2) is 0 Å². The van der Waals surface area contributed by atoms with Gasteiger partial charge < -0.3 is 14.1 Å². The predicted octanol–water partition coefficient (Wildman–Crippen LogP) is -7.36. The molecule has 0 bridgehead atoms. The lowest BCUT2D eigenvalue weighted by atomic mass is 10.3. The summed E-state index contributed by atoms with van der Waals surface area (Å²) in [7, 11) is 6.19. The Balaban J connectivity index is 0.00000192. The Bertz CT molecular complexity index is 703. The third-order valence-corrected chi connectivity index (χ3v) is 3.77. The molecule has 0 atom stereocenters. The summed E-state index contributed by atoms with van der Waals surface area (Å²) >= 11 is 0. The van der Waals surface area contributed by atoms with Crippen LogP contribution in [0.4, 0.5) is 17.5 Å². The standard InChI is InChI=1S/C18H21N4.3FH/c1-19-13-7-4-10-16(19)22(17-11-5-8-14-20(17)2)18-12-6-9-15-21(18)3;;;/h4-15H,1-3H3;3*1H/q+3;;;/p-3. The molecule has 0 aromatic carbocycles. The molecule has 25 heavy (non-hydrogen) atoms. The van der Waals surface area contributed by atoms with Gasteiger partial charge in [-0.2, -0.15) is 0 Å². The van der Waals surface area contributed by atoms with Gasteiger partial charge >= 0.3 is 0 Å². The summed E-state index contributed by atoms with van der Waals surface area (Å²) in [5.74, 6) is 3.31. The van der Waals surface area contributed by atoms with Crippen LogP contribution in [0.25, 0.3) is 0 Å². The lowest BCUT2D eigenvalue weighted by Gasteiger charge is -2.17. The van der Waals surface area contributed by atoms with Crippen molar-refractivity contribution in [1.29, 1.82) is 0 Å². The van der Waals surface area contributed by atoms with Gasteiger partial charge in [0.05, 0.1) is 39.7 Å². The molecule has 0 saturated heterocycles. The van der Waals surface area contributed by atoms with E-state index in [9.17, 15) is 0 Å². The van der Waals surface area contributed by atoms with E-state index in [-0.39, 0.29) is 14.1 Å². The van der Waals surface area contributed by atoms with Gasteiger partial charge in [0, 0.05) is 18.2 Å². The summed E-state index contributed by atoms with van der Waals surface area (Å²) in [4.78, 5) is 2.25. The molecule has 7 heteroatoms. The normalized spacial score (nSPS) is 9.24. The van der Waals surface area contributed by atoms with Crippen LogP contribution in [0.15, 0.2) is 73.2 Å². The van der Waals surface area contributed by atoms with Gasteiger partial charge in [-0.25, -0.2) is 13.7 Å². The number of halogens is 3. The quantitative estimate of drug-likeness (QED) is 0.429. The van der Waals surface area contributed by atoms with E-state index < -0.39 is 0 Å². The van der Waals surface area contributed by atoms with Crippen molar-refractivity contribution in [3.63, 3.8) is 0 Å². The van der Waals surface area contributed by atoms with Gasteiger partial charge in [-0.15, -0.1) is 4.90 Å². The van der Waals surface area contributed by atoms with Crippen LogP contribution in [0.3, 0.4) is 0 Å². The van der Waals surface area contributed by atoms with Crippen molar-refractivity contribution in [1.82, 2.24) is 0 Å². The zero-order valence-corrected chi connectivity index (χ0v) is 14.4. The fraction of sp³-hybridized carbons (Fsp3) is 0.167. The molecule has 134 valence electrons. The Morgan fingerprint density at radius 3 is 1.04 bits per heavy atom. The summed E-state index contributed by atoms with van der Waals surface area (Å²) in [5.41, 5.74) is 0. The summed E-state index contributed by atoms with van der Waals surface area (Å²) in [6.07, 6.45) is 6.19. The minimum Gasteiger partial charge on any atom is -1.00 e. The first-order valence-electron chi connectivity index (χ1n) is 7.32. The highest BCUT2D eigenvalue weighted by atomic mass is 19.0. The van der Waals surface area contributed by atoms with Crippen molar-refractivity contribution in [3.8, 4) is 0 Å². The molecular formula is C18H21F3N4. The van der Waals surface area contributed by atoms with Gasteiger partial charge in [-0.1, -0.05) is 18.2 Å². The van der Waals surface area contributed by atoms with Crippen molar-refractivity contribution in [2.75, 3.05) is 4.90 Å². The Morgan fingerprint density at radius 2 is 0.800 bits per heavy atom. The van der Waals surface area contributed by atoms with Crippen LogP contribution in [0, 0.1) is 0 Å². The van der Waals surface area contributed by atoms with Gasteiger partial charge in [0.25, 0.3) is 17.5 Å². The molecule has 3 heterocycles. The summed E-state index contributed by atoms with van der Waals surface area (Å²) in [5, 5.41) is 0. The minimum absolute atomic E-state index is 0. The predicted molar refractivity (Wildman–Crippen MR) is 84.7 cm³/mol. The maximum Gasteiger partial charge on any atom is 0.292 e. The number of nitrogens with zero attached hydrogens (tertiary/aromatic N) is 4. The third kappa shape index (κ3) is 4.32. The lowest BCUT2D eigenvalue weighted by molar-refractivity contribution is -0.676. The van der Waals surface area contributed by atoms with Crippen LogP contribution in [-0.4, -0.2) is 0 Å². The second-order valence-corrected chi connectivity index (χ2v) is 5.34. The number of rotatable bonds is 3. The van der Waals surface area contributed by atoms with Crippen LogP contribution in [0.1, 0.15) is 0 Å². The second kappa shape index (κ2) is 9.36. The van der Waals surface area contributed by atoms with Crippen molar-refractivity contribution in [2.24, 2.45) is 21.1 Å². The molecule has 3 aromatic heterocycles. The topological polar surface area (TPSA) is 14.9 Å². The molecule has 0 amide bonds. The van der Waals surface area contributed by atoms with Gasteiger partial charge in [-0.05, 0) is 18.2 Å². The number of hydrogen-bond donors (Lipinski definition) is 0. The average Bonchev–Trinajstić information content (AvgIpc) is 2.53. The van der Waals surface area contributed by atoms with E-state index in [1.54, 1.807) is 0 Å². The van der Waals surface area contributed by atoms with E-state index in [2.05, 4.69) is 94.7 Å². The maximum absolute atomic E-state index is 2.25. The first-order chi connectivity index (χ1) is 10.7. The monoisotopic (exact) mass is 350 g/mol. The minimum atomic E-state index is 0. The zero-order chi connectivity index (χ0) is 15.5. The molecular weight excluding hydrogens is 329 g/mol. The molecule has 0 radical (unpaired) electrons. The number of pyridine rings is 3. The van der Waals surface area contributed by atoms with Crippen LogP contribution >= 0.6 is 0 Å². The molecule has 0 aliphatic carbocycles. The van der Waals surface area contributed by atoms with Crippen LogP contribution in [0.5, 0.6) is 0 Å². The molecule has 4 nitrogen and oxygen atoms in total. The van der Waals surface area contributed by atoms with Crippen molar-refractivity contribution < 1.29 is 27.8 Å².